The van der Waals surface area contributed by atoms with Crippen molar-refractivity contribution in [2.75, 3.05) is 0 Å². The summed E-state index contributed by atoms with van der Waals surface area (Å²) < 4.78 is 1.04. The maximum atomic E-state index is 4.02. The highest BCUT2D eigenvalue weighted by molar-refractivity contribution is 14.1. The van der Waals surface area contributed by atoms with Crippen LogP contribution in [0.3, 0.4) is 0 Å². The summed E-state index contributed by atoms with van der Waals surface area (Å²) in [6.07, 6.45) is 1.59. The SMILES string of the molecule is Cc1ncnc(I)c1C. The number of hydrogen-bond donors (Lipinski definition) is 0. The van der Waals surface area contributed by atoms with Crippen molar-refractivity contribution < 1.29 is 0 Å². The lowest BCUT2D eigenvalue weighted by atomic mass is 10.3. The number of aryl methyl sites for hydroxylation is 1. The van der Waals surface area contributed by atoms with Crippen LogP contribution in [0.1, 0.15) is 11.3 Å². The van der Waals surface area contributed by atoms with Crippen molar-refractivity contribution in [2.45, 2.75) is 13.8 Å². The first-order chi connectivity index (χ1) is 4.22. The fourth-order valence-corrected chi connectivity index (χ4v) is 1.02. The third kappa shape index (κ3) is 1.38. The predicted molar refractivity (Wildman–Crippen MR) is 44.2 cm³/mol. The van der Waals surface area contributed by atoms with Crippen molar-refractivity contribution in [1.82, 2.24) is 9.97 Å². The Morgan fingerprint density at radius 1 is 1.33 bits per heavy atom. The van der Waals surface area contributed by atoms with E-state index in [0.717, 1.165) is 9.39 Å². The average molecular weight is 234 g/mol. The van der Waals surface area contributed by atoms with Crippen molar-refractivity contribution in [2.24, 2.45) is 0 Å². The molecule has 48 valence electrons. The molecule has 0 atom stereocenters. The second kappa shape index (κ2) is 2.60. The van der Waals surface area contributed by atoms with Crippen LogP contribution in [0.15, 0.2) is 6.33 Å². The van der Waals surface area contributed by atoms with Gasteiger partial charge in [-0.3, -0.25) is 0 Å². The molecule has 0 amide bonds. The fourth-order valence-electron chi connectivity index (χ4n) is 0.509. The van der Waals surface area contributed by atoms with Gasteiger partial charge < -0.3 is 0 Å². The summed E-state index contributed by atoms with van der Waals surface area (Å²) in [6.45, 7) is 4.01. The maximum Gasteiger partial charge on any atom is 0.116 e. The van der Waals surface area contributed by atoms with Crippen LogP contribution in [0.5, 0.6) is 0 Å². The van der Waals surface area contributed by atoms with Crippen molar-refractivity contribution >= 4 is 22.6 Å². The summed E-state index contributed by atoms with van der Waals surface area (Å²) in [4.78, 5) is 8.04. The molecule has 3 heteroatoms. The molecule has 0 fully saturated rings. The minimum atomic E-state index is 1.04. The Bertz CT molecular complexity index is 202. The molecule has 0 radical (unpaired) electrons. The summed E-state index contributed by atoms with van der Waals surface area (Å²) in [6, 6.07) is 0. The van der Waals surface area contributed by atoms with Crippen LogP contribution in [-0.4, -0.2) is 9.97 Å². The Balaban J connectivity index is 3.25. The third-order valence-corrected chi connectivity index (χ3v) is 2.36. The van der Waals surface area contributed by atoms with Gasteiger partial charge in [-0.2, -0.15) is 0 Å². The fraction of sp³-hybridized carbons (Fsp3) is 0.333. The third-order valence-electron chi connectivity index (χ3n) is 1.27. The van der Waals surface area contributed by atoms with Gasteiger partial charge in [-0.1, -0.05) is 0 Å². The quantitative estimate of drug-likeness (QED) is 0.504. The number of aromatic nitrogens is 2. The van der Waals surface area contributed by atoms with Crippen molar-refractivity contribution in [1.29, 1.82) is 0 Å². The van der Waals surface area contributed by atoms with Crippen LogP contribution < -0.4 is 0 Å². The summed E-state index contributed by atoms with van der Waals surface area (Å²) in [7, 11) is 0. The van der Waals surface area contributed by atoms with Crippen LogP contribution in [0.2, 0.25) is 0 Å². The second-order valence-electron chi connectivity index (χ2n) is 1.87. The number of nitrogens with zero attached hydrogens (tertiary/aromatic N) is 2. The predicted octanol–water partition coefficient (Wildman–Crippen LogP) is 1.70. The monoisotopic (exact) mass is 234 g/mol. The van der Waals surface area contributed by atoms with E-state index < -0.39 is 0 Å². The Hall–Kier alpha value is -0.190. The highest BCUT2D eigenvalue weighted by atomic mass is 127. The van der Waals surface area contributed by atoms with Crippen LogP contribution in [0, 0.1) is 17.5 Å². The zero-order valence-corrected chi connectivity index (χ0v) is 7.51. The molecule has 0 N–H and O–H groups in total. The minimum absolute atomic E-state index is 1.04. The van der Waals surface area contributed by atoms with E-state index in [1.807, 2.05) is 13.8 Å². The number of hydrogen-bond acceptors (Lipinski definition) is 2. The van der Waals surface area contributed by atoms with Gasteiger partial charge in [-0.05, 0) is 36.4 Å². The second-order valence-corrected chi connectivity index (χ2v) is 2.90. The lowest BCUT2D eigenvalue weighted by Crippen LogP contribution is -1.92. The molecule has 0 saturated carbocycles. The van der Waals surface area contributed by atoms with E-state index in [-0.39, 0.29) is 0 Å². The summed E-state index contributed by atoms with van der Waals surface area (Å²) in [5.74, 6) is 0. The lowest BCUT2D eigenvalue weighted by molar-refractivity contribution is 1.03. The summed E-state index contributed by atoms with van der Waals surface area (Å²) in [5, 5.41) is 0. The number of halogens is 1. The first kappa shape index (κ1) is 6.92. The van der Waals surface area contributed by atoms with E-state index in [0.29, 0.717) is 0 Å². The van der Waals surface area contributed by atoms with E-state index in [2.05, 4.69) is 32.6 Å². The van der Waals surface area contributed by atoms with E-state index in [4.69, 9.17) is 0 Å². The molecule has 0 spiro atoms. The van der Waals surface area contributed by atoms with Crippen LogP contribution in [0.25, 0.3) is 0 Å². The Kier molecular flexibility index (Phi) is 2.00. The summed E-state index contributed by atoms with van der Waals surface area (Å²) in [5.41, 5.74) is 2.24. The van der Waals surface area contributed by atoms with Crippen molar-refractivity contribution in [3.05, 3.63) is 21.3 Å². The molecule has 0 aromatic carbocycles. The van der Waals surface area contributed by atoms with Gasteiger partial charge >= 0.3 is 0 Å². The van der Waals surface area contributed by atoms with E-state index in [9.17, 15) is 0 Å². The highest BCUT2D eigenvalue weighted by Gasteiger charge is 1.96. The van der Waals surface area contributed by atoms with Gasteiger partial charge in [0.2, 0.25) is 0 Å². The standard InChI is InChI=1S/C6H7IN2/c1-4-5(2)8-3-9-6(4)7/h3H,1-2H3. The maximum absolute atomic E-state index is 4.02. The first-order valence-corrected chi connectivity index (χ1v) is 3.73. The molecular formula is C6H7IN2. The molecule has 0 aliphatic carbocycles. The molecule has 2 nitrogen and oxygen atoms in total. The average Bonchev–Trinajstić information content (AvgIpc) is 1.83. The Morgan fingerprint density at radius 3 is 2.44 bits per heavy atom. The molecule has 0 bridgehead atoms. The lowest BCUT2D eigenvalue weighted by Gasteiger charge is -1.97. The Morgan fingerprint density at radius 2 is 2.00 bits per heavy atom. The normalized spacial score (nSPS) is 9.67. The van der Waals surface area contributed by atoms with E-state index >= 15 is 0 Å². The van der Waals surface area contributed by atoms with Crippen LogP contribution in [0.4, 0.5) is 0 Å². The molecule has 1 aromatic heterocycles. The van der Waals surface area contributed by atoms with Crippen LogP contribution in [-0.2, 0) is 0 Å². The van der Waals surface area contributed by atoms with Gasteiger partial charge in [0.1, 0.15) is 10.0 Å². The molecule has 1 heterocycles. The zero-order chi connectivity index (χ0) is 6.85. The van der Waals surface area contributed by atoms with Gasteiger partial charge in [0.05, 0.1) is 0 Å². The largest absolute Gasteiger partial charge is 0.241 e. The molecule has 1 rings (SSSR count). The van der Waals surface area contributed by atoms with Gasteiger partial charge in [-0.15, -0.1) is 0 Å². The van der Waals surface area contributed by atoms with Gasteiger partial charge in [0.15, 0.2) is 0 Å². The molecule has 0 aliphatic heterocycles. The van der Waals surface area contributed by atoms with Crippen molar-refractivity contribution in [3.63, 3.8) is 0 Å². The molecular weight excluding hydrogens is 227 g/mol. The van der Waals surface area contributed by atoms with E-state index in [1.165, 1.54) is 5.56 Å². The molecule has 0 aliphatic rings. The summed E-state index contributed by atoms with van der Waals surface area (Å²) >= 11 is 2.20. The van der Waals surface area contributed by atoms with Gasteiger partial charge in [-0.25, -0.2) is 9.97 Å². The van der Waals surface area contributed by atoms with Gasteiger partial charge in [0.25, 0.3) is 0 Å². The van der Waals surface area contributed by atoms with E-state index in [1.54, 1.807) is 6.33 Å². The van der Waals surface area contributed by atoms with Crippen LogP contribution >= 0.6 is 22.6 Å². The zero-order valence-electron chi connectivity index (χ0n) is 5.35. The topological polar surface area (TPSA) is 25.8 Å². The Labute approximate surface area is 67.9 Å². The first-order valence-electron chi connectivity index (χ1n) is 2.65. The highest BCUT2D eigenvalue weighted by Crippen LogP contribution is 2.08. The molecule has 9 heavy (non-hydrogen) atoms. The molecule has 0 unspecified atom stereocenters. The van der Waals surface area contributed by atoms with Crippen molar-refractivity contribution in [3.8, 4) is 0 Å². The minimum Gasteiger partial charge on any atom is -0.241 e. The molecule has 0 saturated heterocycles. The van der Waals surface area contributed by atoms with Gasteiger partial charge in [0, 0.05) is 11.3 Å². The molecule has 1 aromatic rings. The number of rotatable bonds is 0. The smallest absolute Gasteiger partial charge is 0.116 e.